The molecule has 0 fully saturated rings. The predicted octanol–water partition coefficient (Wildman–Crippen LogP) is 1.47. The number of thiol groups is 1. The Bertz CT molecular complexity index is 237. The summed E-state index contributed by atoms with van der Waals surface area (Å²) in [6.45, 7) is 0. The van der Waals surface area contributed by atoms with E-state index >= 15 is 0 Å². The Hall–Kier alpha value is -0.370. The molecule has 1 rings (SSSR count). The van der Waals surface area contributed by atoms with Crippen molar-refractivity contribution in [2.45, 2.75) is 4.90 Å². The van der Waals surface area contributed by atoms with E-state index in [9.17, 15) is 4.39 Å². The summed E-state index contributed by atoms with van der Waals surface area (Å²) in [5.41, 5.74) is 16.8. The van der Waals surface area contributed by atoms with Crippen LogP contribution in [0, 0.1) is 9.39 Å². The van der Waals surface area contributed by atoms with Crippen LogP contribution in [0.2, 0.25) is 0 Å². The van der Waals surface area contributed by atoms with Gasteiger partial charge in [0.1, 0.15) is 0 Å². The Balaban J connectivity index is 3.60. The van der Waals surface area contributed by atoms with E-state index in [1.54, 1.807) is 0 Å². The van der Waals surface area contributed by atoms with Crippen LogP contribution in [-0.4, -0.2) is 0 Å². The van der Waals surface area contributed by atoms with Crippen LogP contribution in [0.4, 0.5) is 21.5 Å². The normalized spacial score (nSPS) is 10.2. The fraction of sp³-hybridized carbons (Fsp3) is 0. The summed E-state index contributed by atoms with van der Waals surface area (Å²) in [6, 6.07) is 0. The highest BCUT2D eigenvalue weighted by Gasteiger charge is 2.15. The van der Waals surface area contributed by atoms with Crippen LogP contribution in [-0.2, 0) is 0 Å². The molecule has 0 radical (unpaired) electrons. The lowest BCUT2D eigenvalue weighted by atomic mass is 10.2. The van der Waals surface area contributed by atoms with Gasteiger partial charge in [-0.3, -0.25) is 0 Å². The molecule has 0 aliphatic rings. The highest BCUT2D eigenvalue weighted by molar-refractivity contribution is 14.1. The van der Waals surface area contributed by atoms with Crippen molar-refractivity contribution in [3.05, 3.63) is 9.39 Å². The maximum Gasteiger partial charge on any atom is 0.162 e. The van der Waals surface area contributed by atoms with Gasteiger partial charge >= 0.3 is 0 Å². The Labute approximate surface area is 88.0 Å². The summed E-state index contributed by atoms with van der Waals surface area (Å²) < 4.78 is 13.5. The standard InChI is InChI=1S/C6H7FIN3S/c7-1-3(9)2(8)4(10)5(11)6(1)12/h12H,9-11H2. The lowest BCUT2D eigenvalue weighted by Crippen LogP contribution is -2.05. The Morgan fingerprint density at radius 3 is 2.08 bits per heavy atom. The van der Waals surface area contributed by atoms with E-state index in [2.05, 4.69) is 12.6 Å². The van der Waals surface area contributed by atoms with Gasteiger partial charge in [-0.25, -0.2) is 4.39 Å². The number of rotatable bonds is 0. The zero-order chi connectivity index (χ0) is 9.46. The first-order valence-corrected chi connectivity index (χ1v) is 4.49. The second-order valence-corrected chi connectivity index (χ2v) is 3.74. The Morgan fingerprint density at radius 1 is 1.08 bits per heavy atom. The first-order chi connectivity index (χ1) is 5.46. The average Bonchev–Trinajstić information content (AvgIpc) is 2.08. The second-order valence-electron chi connectivity index (χ2n) is 2.22. The number of benzene rings is 1. The van der Waals surface area contributed by atoms with Crippen molar-refractivity contribution in [2.75, 3.05) is 17.2 Å². The number of nitrogens with two attached hydrogens (primary N) is 3. The van der Waals surface area contributed by atoms with Crippen LogP contribution in [0.3, 0.4) is 0 Å². The lowest BCUT2D eigenvalue weighted by Gasteiger charge is -2.09. The highest BCUT2D eigenvalue weighted by Crippen LogP contribution is 2.35. The molecule has 0 saturated heterocycles. The average molecular weight is 299 g/mol. The maximum atomic E-state index is 13.1. The Kier molecular flexibility index (Phi) is 2.57. The summed E-state index contributed by atoms with van der Waals surface area (Å²) in [6.07, 6.45) is 0. The van der Waals surface area contributed by atoms with Gasteiger partial charge in [0, 0.05) is 0 Å². The first kappa shape index (κ1) is 9.72. The number of hydrogen-bond donors (Lipinski definition) is 4. The van der Waals surface area contributed by atoms with Crippen LogP contribution < -0.4 is 17.2 Å². The highest BCUT2D eigenvalue weighted by atomic mass is 127. The summed E-state index contributed by atoms with van der Waals surface area (Å²) >= 11 is 5.67. The molecular weight excluding hydrogens is 292 g/mol. The van der Waals surface area contributed by atoms with E-state index in [1.807, 2.05) is 22.6 Å². The molecule has 0 aliphatic heterocycles. The van der Waals surface area contributed by atoms with Crippen LogP contribution in [0.5, 0.6) is 0 Å². The topological polar surface area (TPSA) is 78.1 Å². The molecular formula is C6H7FIN3S. The minimum atomic E-state index is -0.616. The molecule has 0 amide bonds. The van der Waals surface area contributed by atoms with Crippen molar-refractivity contribution < 1.29 is 4.39 Å². The van der Waals surface area contributed by atoms with E-state index in [4.69, 9.17) is 17.2 Å². The molecule has 0 aromatic heterocycles. The van der Waals surface area contributed by atoms with Crippen LogP contribution >= 0.6 is 35.2 Å². The van der Waals surface area contributed by atoms with E-state index in [0.29, 0.717) is 3.57 Å². The van der Waals surface area contributed by atoms with Crippen molar-refractivity contribution in [2.24, 2.45) is 0 Å². The molecule has 66 valence electrons. The summed E-state index contributed by atoms with van der Waals surface area (Å²) in [5, 5.41) is 0. The molecule has 0 heterocycles. The van der Waals surface area contributed by atoms with Gasteiger partial charge in [-0.1, -0.05) is 0 Å². The SMILES string of the molecule is Nc1c(N)c(I)c(N)c(F)c1S. The van der Waals surface area contributed by atoms with Crippen LogP contribution in [0.25, 0.3) is 0 Å². The molecule has 0 aliphatic carbocycles. The van der Waals surface area contributed by atoms with Gasteiger partial charge in [0.15, 0.2) is 5.82 Å². The molecule has 3 nitrogen and oxygen atoms in total. The van der Waals surface area contributed by atoms with Crippen molar-refractivity contribution >= 4 is 52.3 Å². The van der Waals surface area contributed by atoms with Gasteiger partial charge in [-0.05, 0) is 22.6 Å². The van der Waals surface area contributed by atoms with Gasteiger partial charge < -0.3 is 17.2 Å². The molecule has 0 atom stereocenters. The van der Waals surface area contributed by atoms with Crippen LogP contribution in [0.15, 0.2) is 4.90 Å². The zero-order valence-electron chi connectivity index (χ0n) is 5.94. The van der Waals surface area contributed by atoms with Gasteiger partial charge in [0.05, 0.1) is 25.5 Å². The third kappa shape index (κ3) is 1.28. The number of halogens is 2. The van der Waals surface area contributed by atoms with E-state index < -0.39 is 5.82 Å². The fourth-order valence-electron chi connectivity index (χ4n) is 0.733. The predicted molar refractivity (Wildman–Crippen MR) is 59.6 cm³/mol. The molecule has 0 unspecified atom stereocenters. The molecule has 6 heteroatoms. The third-order valence-corrected chi connectivity index (χ3v) is 3.06. The third-order valence-electron chi connectivity index (χ3n) is 1.46. The zero-order valence-corrected chi connectivity index (χ0v) is 8.99. The molecule has 0 spiro atoms. The molecule has 1 aromatic carbocycles. The monoisotopic (exact) mass is 299 g/mol. The second kappa shape index (κ2) is 3.17. The van der Waals surface area contributed by atoms with Gasteiger partial charge in [-0.2, -0.15) is 0 Å². The van der Waals surface area contributed by atoms with Gasteiger partial charge in [0.2, 0.25) is 0 Å². The number of anilines is 3. The summed E-state index contributed by atoms with van der Waals surface area (Å²) in [5.74, 6) is -0.616. The molecule has 12 heavy (non-hydrogen) atoms. The van der Waals surface area contributed by atoms with Crippen LogP contribution in [0.1, 0.15) is 0 Å². The van der Waals surface area contributed by atoms with Crippen molar-refractivity contribution in [3.8, 4) is 0 Å². The summed E-state index contributed by atoms with van der Waals surface area (Å²) in [7, 11) is 0. The van der Waals surface area contributed by atoms with Crippen molar-refractivity contribution in [3.63, 3.8) is 0 Å². The van der Waals surface area contributed by atoms with Gasteiger partial charge in [0.25, 0.3) is 0 Å². The Morgan fingerprint density at radius 2 is 1.58 bits per heavy atom. The number of nitrogen functional groups attached to an aromatic ring is 3. The van der Waals surface area contributed by atoms with E-state index in [1.165, 1.54) is 0 Å². The fourth-order valence-corrected chi connectivity index (χ4v) is 1.50. The number of hydrogen-bond acceptors (Lipinski definition) is 4. The molecule has 0 bridgehead atoms. The molecule has 0 saturated carbocycles. The molecule has 1 aromatic rings. The first-order valence-electron chi connectivity index (χ1n) is 2.97. The maximum absolute atomic E-state index is 13.1. The largest absolute Gasteiger partial charge is 0.396 e. The minimum absolute atomic E-state index is 0.00501. The minimum Gasteiger partial charge on any atom is -0.396 e. The van der Waals surface area contributed by atoms with Crippen molar-refractivity contribution in [1.29, 1.82) is 0 Å². The lowest BCUT2D eigenvalue weighted by molar-refractivity contribution is 0.608. The van der Waals surface area contributed by atoms with Gasteiger partial charge in [-0.15, -0.1) is 12.6 Å². The quantitative estimate of drug-likeness (QED) is 0.333. The van der Waals surface area contributed by atoms with E-state index in [0.717, 1.165) is 0 Å². The van der Waals surface area contributed by atoms with E-state index in [-0.39, 0.29) is 22.0 Å². The van der Waals surface area contributed by atoms with Crippen molar-refractivity contribution in [1.82, 2.24) is 0 Å². The smallest absolute Gasteiger partial charge is 0.162 e. The summed E-state index contributed by atoms with van der Waals surface area (Å²) in [4.78, 5) is 0.00501. The molecule has 6 N–H and O–H groups in total.